The Hall–Kier alpha value is -2.87. The molecule has 0 N–H and O–H groups in total. The Bertz CT molecular complexity index is 893. The Morgan fingerprint density at radius 1 is 1.07 bits per heavy atom. The summed E-state index contributed by atoms with van der Waals surface area (Å²) in [5.74, 6) is 2.02. The monoisotopic (exact) mass is 432 g/mol. The molecule has 3 rings (SSSR count). The molecule has 0 radical (unpaired) electrons. The zero-order valence-corrected chi connectivity index (χ0v) is 16.3. The second kappa shape index (κ2) is 8.68. The van der Waals surface area contributed by atoms with Gasteiger partial charge in [0.25, 0.3) is 5.89 Å². The van der Waals surface area contributed by atoms with Crippen LogP contribution in [-0.4, -0.2) is 22.2 Å². The molecule has 0 aliphatic carbocycles. The number of hydrogen-bond donors (Lipinski definition) is 0. The fourth-order valence-electron chi connectivity index (χ4n) is 2.11. The van der Waals surface area contributed by atoms with Crippen LogP contribution in [0.25, 0.3) is 0 Å². The van der Waals surface area contributed by atoms with Gasteiger partial charge < -0.3 is 18.7 Å². The standard InChI is InChI=1S/C19H17BrN2O5/c1-12(25-16-5-3-14(20)4-6-16)19(23)26-17-9-7-15(8-10-17)24-11-18-21-13(2)22-27-18/h3-10,12H,11H2,1-2H3. The van der Waals surface area contributed by atoms with Crippen LogP contribution in [0.4, 0.5) is 0 Å². The van der Waals surface area contributed by atoms with Crippen molar-refractivity contribution in [3.05, 3.63) is 64.7 Å². The van der Waals surface area contributed by atoms with Crippen molar-refractivity contribution in [2.24, 2.45) is 0 Å². The van der Waals surface area contributed by atoms with Gasteiger partial charge in [-0.05, 0) is 62.4 Å². The Balaban J connectivity index is 1.50. The van der Waals surface area contributed by atoms with E-state index in [1.54, 1.807) is 50.2 Å². The van der Waals surface area contributed by atoms with E-state index < -0.39 is 12.1 Å². The summed E-state index contributed by atoms with van der Waals surface area (Å²) < 4.78 is 22.3. The molecule has 27 heavy (non-hydrogen) atoms. The van der Waals surface area contributed by atoms with Crippen LogP contribution in [0, 0.1) is 6.92 Å². The van der Waals surface area contributed by atoms with Crippen molar-refractivity contribution < 1.29 is 23.5 Å². The zero-order chi connectivity index (χ0) is 19.2. The molecule has 8 heteroatoms. The van der Waals surface area contributed by atoms with E-state index in [4.69, 9.17) is 18.7 Å². The van der Waals surface area contributed by atoms with Crippen LogP contribution in [-0.2, 0) is 11.4 Å². The average Bonchev–Trinajstić information content (AvgIpc) is 3.08. The van der Waals surface area contributed by atoms with E-state index in [2.05, 4.69) is 26.1 Å². The fourth-order valence-corrected chi connectivity index (χ4v) is 2.38. The molecular weight excluding hydrogens is 416 g/mol. The van der Waals surface area contributed by atoms with Gasteiger partial charge in [0.15, 0.2) is 18.5 Å². The normalized spacial score (nSPS) is 11.7. The Labute approximate surface area is 164 Å². The summed E-state index contributed by atoms with van der Waals surface area (Å²) in [6.45, 7) is 3.53. The number of benzene rings is 2. The minimum absolute atomic E-state index is 0.165. The van der Waals surface area contributed by atoms with E-state index in [0.29, 0.717) is 29.0 Å². The molecule has 0 aliphatic rings. The highest BCUT2D eigenvalue weighted by atomic mass is 79.9. The quantitative estimate of drug-likeness (QED) is 0.410. The minimum atomic E-state index is -0.747. The van der Waals surface area contributed by atoms with Gasteiger partial charge in [-0.2, -0.15) is 4.98 Å². The molecule has 1 aromatic heterocycles. The minimum Gasteiger partial charge on any atom is -0.484 e. The van der Waals surface area contributed by atoms with Crippen LogP contribution in [0.5, 0.6) is 17.2 Å². The molecule has 0 saturated carbocycles. The molecular formula is C19H17BrN2O5. The maximum atomic E-state index is 12.2. The highest BCUT2D eigenvalue weighted by molar-refractivity contribution is 9.10. The molecule has 7 nitrogen and oxygen atoms in total. The van der Waals surface area contributed by atoms with Crippen molar-refractivity contribution in [1.29, 1.82) is 0 Å². The van der Waals surface area contributed by atoms with Crippen molar-refractivity contribution >= 4 is 21.9 Å². The van der Waals surface area contributed by atoms with E-state index in [9.17, 15) is 4.79 Å². The number of ether oxygens (including phenoxy) is 3. The lowest BCUT2D eigenvalue weighted by molar-refractivity contribution is -0.141. The predicted molar refractivity (Wildman–Crippen MR) is 99.7 cm³/mol. The van der Waals surface area contributed by atoms with Crippen molar-refractivity contribution in [2.75, 3.05) is 0 Å². The van der Waals surface area contributed by atoms with Crippen molar-refractivity contribution in [2.45, 2.75) is 26.6 Å². The van der Waals surface area contributed by atoms with Gasteiger partial charge in [-0.1, -0.05) is 21.1 Å². The van der Waals surface area contributed by atoms with Crippen LogP contribution in [0.2, 0.25) is 0 Å². The number of halogens is 1. The molecule has 1 atom stereocenters. The fraction of sp³-hybridized carbons (Fsp3) is 0.211. The molecule has 140 valence electrons. The molecule has 2 aromatic carbocycles. The number of carbonyl (C=O) groups excluding carboxylic acids is 1. The van der Waals surface area contributed by atoms with Crippen LogP contribution >= 0.6 is 15.9 Å². The van der Waals surface area contributed by atoms with E-state index in [0.717, 1.165) is 4.47 Å². The van der Waals surface area contributed by atoms with Gasteiger partial charge in [-0.3, -0.25) is 0 Å². The third-order valence-electron chi connectivity index (χ3n) is 3.43. The summed E-state index contributed by atoms with van der Waals surface area (Å²) in [5, 5.41) is 3.69. The van der Waals surface area contributed by atoms with Gasteiger partial charge >= 0.3 is 5.97 Å². The third-order valence-corrected chi connectivity index (χ3v) is 3.96. The molecule has 1 heterocycles. The topological polar surface area (TPSA) is 83.7 Å². The van der Waals surface area contributed by atoms with Crippen molar-refractivity contribution in [3.8, 4) is 17.2 Å². The maximum absolute atomic E-state index is 12.2. The first kappa shape index (κ1) is 18.9. The summed E-state index contributed by atoms with van der Waals surface area (Å²) in [7, 11) is 0. The molecule has 0 aliphatic heterocycles. The molecule has 1 unspecified atom stereocenters. The van der Waals surface area contributed by atoms with E-state index >= 15 is 0 Å². The first-order valence-corrected chi connectivity index (χ1v) is 8.95. The Kier molecular flexibility index (Phi) is 6.08. The lowest BCUT2D eigenvalue weighted by Crippen LogP contribution is -2.28. The molecule has 0 spiro atoms. The summed E-state index contributed by atoms with van der Waals surface area (Å²) in [6, 6.07) is 13.9. The second-order valence-electron chi connectivity index (χ2n) is 5.63. The summed E-state index contributed by atoms with van der Waals surface area (Å²) in [6.07, 6.45) is -0.747. The zero-order valence-electron chi connectivity index (χ0n) is 14.7. The first-order chi connectivity index (χ1) is 13.0. The van der Waals surface area contributed by atoms with Crippen molar-refractivity contribution in [3.63, 3.8) is 0 Å². The van der Waals surface area contributed by atoms with Gasteiger partial charge in [0, 0.05) is 4.47 Å². The van der Waals surface area contributed by atoms with Crippen LogP contribution in [0.1, 0.15) is 18.6 Å². The van der Waals surface area contributed by atoms with Gasteiger partial charge in [-0.15, -0.1) is 0 Å². The van der Waals surface area contributed by atoms with Gasteiger partial charge in [0.05, 0.1) is 0 Å². The van der Waals surface area contributed by atoms with Gasteiger partial charge in [0.2, 0.25) is 0 Å². The van der Waals surface area contributed by atoms with E-state index in [1.807, 2.05) is 12.1 Å². The Morgan fingerprint density at radius 2 is 1.70 bits per heavy atom. The number of carbonyl (C=O) groups is 1. The number of nitrogens with zero attached hydrogens (tertiary/aromatic N) is 2. The van der Waals surface area contributed by atoms with Gasteiger partial charge in [-0.25, -0.2) is 4.79 Å². The number of aryl methyl sites for hydroxylation is 1. The van der Waals surface area contributed by atoms with Gasteiger partial charge in [0.1, 0.15) is 17.2 Å². The SMILES string of the molecule is Cc1noc(COc2ccc(OC(=O)C(C)Oc3ccc(Br)cc3)cc2)n1. The van der Waals surface area contributed by atoms with E-state index in [-0.39, 0.29) is 6.61 Å². The number of rotatable bonds is 7. The summed E-state index contributed by atoms with van der Waals surface area (Å²) >= 11 is 3.35. The largest absolute Gasteiger partial charge is 0.484 e. The van der Waals surface area contributed by atoms with E-state index in [1.165, 1.54) is 0 Å². The lowest BCUT2D eigenvalue weighted by atomic mass is 10.3. The van der Waals surface area contributed by atoms with Crippen LogP contribution < -0.4 is 14.2 Å². The second-order valence-corrected chi connectivity index (χ2v) is 6.55. The summed E-state index contributed by atoms with van der Waals surface area (Å²) in [5.41, 5.74) is 0. The molecule has 0 fully saturated rings. The molecule has 3 aromatic rings. The van der Waals surface area contributed by atoms with Crippen LogP contribution in [0.15, 0.2) is 57.5 Å². The smallest absolute Gasteiger partial charge is 0.352 e. The Morgan fingerprint density at radius 3 is 2.33 bits per heavy atom. The third kappa shape index (κ3) is 5.55. The number of aromatic nitrogens is 2. The lowest BCUT2D eigenvalue weighted by Gasteiger charge is -2.14. The average molecular weight is 433 g/mol. The highest BCUT2D eigenvalue weighted by Gasteiger charge is 2.17. The first-order valence-electron chi connectivity index (χ1n) is 8.15. The van der Waals surface area contributed by atoms with Crippen molar-refractivity contribution in [1.82, 2.24) is 10.1 Å². The highest BCUT2D eigenvalue weighted by Crippen LogP contribution is 2.20. The molecule has 0 bridgehead atoms. The molecule has 0 amide bonds. The number of hydrogen-bond acceptors (Lipinski definition) is 7. The predicted octanol–water partition coefficient (Wildman–Crippen LogP) is 4.09. The van der Waals surface area contributed by atoms with Crippen LogP contribution in [0.3, 0.4) is 0 Å². The number of esters is 1. The maximum Gasteiger partial charge on any atom is 0.352 e. The molecule has 0 saturated heterocycles. The summed E-state index contributed by atoms with van der Waals surface area (Å²) in [4.78, 5) is 16.2.